The lowest BCUT2D eigenvalue weighted by atomic mass is 10.0. The molecule has 0 radical (unpaired) electrons. The number of phenolic OH excluding ortho intramolecular Hbond substituents is 1. The molecule has 3 aromatic carbocycles. The number of nitrogens with zero attached hydrogens (tertiary/aromatic N) is 1. The lowest BCUT2D eigenvalue weighted by molar-refractivity contribution is 0.475. The van der Waals surface area contributed by atoms with Crippen molar-refractivity contribution in [3.8, 4) is 33.8 Å². The number of aromatic hydroxyl groups is 1. The van der Waals surface area contributed by atoms with Gasteiger partial charge in [-0.3, -0.25) is 0 Å². The van der Waals surface area contributed by atoms with Crippen LogP contribution >= 0.6 is 0 Å². The first kappa shape index (κ1) is 20.0. The predicted molar refractivity (Wildman–Crippen MR) is 126 cm³/mol. The van der Waals surface area contributed by atoms with Crippen molar-refractivity contribution in [2.45, 2.75) is 39.0 Å². The molecule has 1 N–H and O–H groups in total. The molecule has 30 heavy (non-hydrogen) atoms. The average Bonchev–Trinajstić information content (AvgIpc) is 3.17. The predicted octanol–water partition coefficient (Wildman–Crippen LogP) is 7.64. The summed E-state index contributed by atoms with van der Waals surface area (Å²) >= 11 is 0. The molecule has 0 aliphatic carbocycles. The van der Waals surface area contributed by atoms with Crippen LogP contribution < -0.4 is 0 Å². The van der Waals surface area contributed by atoms with E-state index in [2.05, 4.69) is 84.3 Å². The number of para-hydroxylation sites is 1. The molecule has 0 amide bonds. The van der Waals surface area contributed by atoms with Crippen LogP contribution in [0.5, 0.6) is 5.75 Å². The zero-order chi connectivity index (χ0) is 20.8. The largest absolute Gasteiger partial charge is 0.508 e. The summed E-state index contributed by atoms with van der Waals surface area (Å²) in [6.45, 7) is 2.25. The van der Waals surface area contributed by atoms with E-state index < -0.39 is 0 Å². The van der Waals surface area contributed by atoms with Crippen molar-refractivity contribution >= 4 is 0 Å². The average molecular weight is 396 g/mol. The van der Waals surface area contributed by atoms with Crippen LogP contribution in [0.15, 0.2) is 91.0 Å². The van der Waals surface area contributed by atoms with E-state index in [1.165, 1.54) is 42.5 Å². The first-order valence-corrected chi connectivity index (χ1v) is 10.9. The van der Waals surface area contributed by atoms with Crippen molar-refractivity contribution in [1.29, 1.82) is 0 Å². The molecule has 152 valence electrons. The highest BCUT2D eigenvalue weighted by Gasteiger charge is 2.19. The fourth-order valence-electron chi connectivity index (χ4n) is 4.13. The Kier molecular flexibility index (Phi) is 6.34. The number of aromatic nitrogens is 1. The third kappa shape index (κ3) is 4.33. The molecule has 0 saturated heterocycles. The van der Waals surface area contributed by atoms with E-state index in [0.29, 0.717) is 5.75 Å². The van der Waals surface area contributed by atoms with Crippen LogP contribution in [0.3, 0.4) is 0 Å². The highest BCUT2D eigenvalue weighted by atomic mass is 16.3. The van der Waals surface area contributed by atoms with Crippen molar-refractivity contribution in [1.82, 2.24) is 4.57 Å². The zero-order valence-electron chi connectivity index (χ0n) is 17.6. The number of hydrogen-bond acceptors (Lipinski definition) is 1. The van der Waals surface area contributed by atoms with Gasteiger partial charge in [0, 0.05) is 22.5 Å². The van der Waals surface area contributed by atoms with Crippen molar-refractivity contribution in [2.24, 2.45) is 0 Å². The van der Waals surface area contributed by atoms with Gasteiger partial charge in [0.15, 0.2) is 0 Å². The fourth-order valence-corrected chi connectivity index (χ4v) is 4.13. The van der Waals surface area contributed by atoms with E-state index in [0.717, 1.165) is 23.4 Å². The Morgan fingerprint density at radius 3 is 2.10 bits per heavy atom. The molecule has 1 heterocycles. The van der Waals surface area contributed by atoms with Gasteiger partial charge >= 0.3 is 0 Å². The van der Waals surface area contributed by atoms with Gasteiger partial charge in [-0.05, 0) is 48.7 Å². The Morgan fingerprint density at radius 1 is 0.700 bits per heavy atom. The van der Waals surface area contributed by atoms with Crippen molar-refractivity contribution in [3.05, 3.63) is 96.7 Å². The first-order chi connectivity index (χ1) is 14.8. The molecule has 0 spiro atoms. The molecular formula is C28H29NO. The van der Waals surface area contributed by atoms with E-state index in [-0.39, 0.29) is 0 Å². The highest BCUT2D eigenvalue weighted by molar-refractivity contribution is 5.77. The molecule has 0 bridgehead atoms. The van der Waals surface area contributed by atoms with Crippen molar-refractivity contribution in [3.63, 3.8) is 0 Å². The van der Waals surface area contributed by atoms with Crippen LogP contribution in [-0.2, 0) is 6.42 Å². The summed E-state index contributed by atoms with van der Waals surface area (Å²) < 4.78 is 2.38. The Labute approximate surface area is 179 Å². The summed E-state index contributed by atoms with van der Waals surface area (Å²) in [4.78, 5) is 0. The lowest BCUT2D eigenvalue weighted by Gasteiger charge is -2.15. The second-order valence-electron chi connectivity index (χ2n) is 7.79. The minimum Gasteiger partial charge on any atom is -0.508 e. The van der Waals surface area contributed by atoms with Gasteiger partial charge in [-0.15, -0.1) is 0 Å². The third-order valence-electron chi connectivity index (χ3n) is 5.61. The van der Waals surface area contributed by atoms with Gasteiger partial charge in [0.2, 0.25) is 0 Å². The van der Waals surface area contributed by atoms with E-state index in [1.807, 2.05) is 12.1 Å². The summed E-state index contributed by atoms with van der Waals surface area (Å²) in [6.07, 6.45) is 5.94. The van der Waals surface area contributed by atoms with Gasteiger partial charge in [0.25, 0.3) is 0 Å². The molecule has 0 unspecified atom stereocenters. The standard InChI is InChI=1S/C28H29NO/c1-2-3-4-11-19-27-26(22-13-7-5-8-14-22)21-28(23-15-12-18-25(30)20-23)29(27)24-16-9-6-10-17-24/h5-10,12-18,20-21,30H,2-4,11,19H2,1H3. The smallest absolute Gasteiger partial charge is 0.116 e. The van der Waals surface area contributed by atoms with Crippen LogP contribution in [0.2, 0.25) is 0 Å². The Morgan fingerprint density at radius 2 is 1.40 bits per heavy atom. The van der Waals surface area contributed by atoms with Crippen molar-refractivity contribution in [2.75, 3.05) is 0 Å². The summed E-state index contributed by atoms with van der Waals surface area (Å²) in [7, 11) is 0. The normalized spacial score (nSPS) is 11.0. The van der Waals surface area contributed by atoms with Crippen LogP contribution in [0.25, 0.3) is 28.1 Å². The van der Waals surface area contributed by atoms with Gasteiger partial charge in [0.05, 0.1) is 5.69 Å². The maximum atomic E-state index is 10.1. The van der Waals surface area contributed by atoms with E-state index >= 15 is 0 Å². The van der Waals surface area contributed by atoms with Crippen LogP contribution in [-0.4, -0.2) is 9.67 Å². The fraction of sp³-hybridized carbons (Fsp3) is 0.214. The summed E-state index contributed by atoms with van der Waals surface area (Å²) in [5, 5.41) is 10.1. The molecule has 4 rings (SSSR count). The Bertz CT molecular complexity index is 1080. The topological polar surface area (TPSA) is 25.2 Å². The summed E-state index contributed by atoms with van der Waals surface area (Å²) in [6, 6.07) is 31.0. The molecule has 0 atom stereocenters. The van der Waals surface area contributed by atoms with Gasteiger partial charge in [-0.1, -0.05) is 86.8 Å². The highest BCUT2D eigenvalue weighted by Crippen LogP contribution is 2.37. The maximum absolute atomic E-state index is 10.1. The monoisotopic (exact) mass is 395 g/mol. The quantitative estimate of drug-likeness (QED) is 0.305. The lowest BCUT2D eigenvalue weighted by Crippen LogP contribution is -2.03. The molecule has 4 aromatic rings. The molecule has 2 nitrogen and oxygen atoms in total. The van der Waals surface area contributed by atoms with E-state index in [1.54, 1.807) is 6.07 Å². The van der Waals surface area contributed by atoms with Crippen molar-refractivity contribution < 1.29 is 5.11 Å². The molecule has 2 heteroatoms. The maximum Gasteiger partial charge on any atom is 0.116 e. The van der Waals surface area contributed by atoms with Gasteiger partial charge in [-0.2, -0.15) is 0 Å². The Balaban J connectivity index is 1.92. The molecule has 0 fully saturated rings. The molecule has 0 aliphatic rings. The SMILES string of the molecule is CCCCCCc1c(-c2ccccc2)cc(-c2cccc(O)c2)n1-c1ccccc1. The molecule has 0 aliphatic heterocycles. The second-order valence-corrected chi connectivity index (χ2v) is 7.79. The first-order valence-electron chi connectivity index (χ1n) is 10.9. The van der Waals surface area contributed by atoms with Crippen LogP contribution in [0, 0.1) is 0 Å². The second kappa shape index (κ2) is 9.49. The van der Waals surface area contributed by atoms with Crippen LogP contribution in [0.4, 0.5) is 0 Å². The minimum absolute atomic E-state index is 0.291. The molecular weight excluding hydrogens is 366 g/mol. The summed E-state index contributed by atoms with van der Waals surface area (Å²) in [5.74, 6) is 0.291. The number of rotatable bonds is 8. The zero-order valence-corrected chi connectivity index (χ0v) is 17.6. The molecule has 0 saturated carbocycles. The van der Waals surface area contributed by atoms with Gasteiger partial charge in [-0.25, -0.2) is 0 Å². The Hall–Kier alpha value is -3.26. The number of unbranched alkanes of at least 4 members (excludes halogenated alkanes) is 3. The third-order valence-corrected chi connectivity index (χ3v) is 5.61. The van der Waals surface area contributed by atoms with Crippen LogP contribution in [0.1, 0.15) is 38.3 Å². The summed E-state index contributed by atoms with van der Waals surface area (Å²) in [5.41, 5.74) is 7.14. The van der Waals surface area contributed by atoms with E-state index in [9.17, 15) is 5.11 Å². The van der Waals surface area contributed by atoms with Gasteiger partial charge in [0.1, 0.15) is 5.75 Å². The molecule has 1 aromatic heterocycles. The number of hydrogen-bond donors (Lipinski definition) is 1. The number of benzene rings is 3. The van der Waals surface area contributed by atoms with Gasteiger partial charge < -0.3 is 9.67 Å². The number of phenols is 1. The minimum atomic E-state index is 0.291. The van der Waals surface area contributed by atoms with E-state index in [4.69, 9.17) is 0 Å².